The molecule has 0 spiro atoms. The fourth-order valence-electron chi connectivity index (χ4n) is 3.33. The second kappa shape index (κ2) is 36.4. The van der Waals surface area contributed by atoms with Crippen LogP contribution in [0.4, 0.5) is 0 Å². The van der Waals surface area contributed by atoms with E-state index in [-0.39, 0.29) is 21.7 Å². The van der Waals surface area contributed by atoms with Crippen LogP contribution >= 0.6 is 7.82 Å². The molecule has 0 saturated carbocycles. The first-order valence-electron chi connectivity index (χ1n) is 13.2. The minimum absolute atomic E-state index is 0. The molecule has 0 aromatic rings. The molecule has 0 aliphatic carbocycles. The van der Waals surface area contributed by atoms with Crippen molar-refractivity contribution < 1.29 is 41.0 Å². The molecule has 0 fully saturated rings. The zero-order valence-corrected chi connectivity index (χ0v) is 24.1. The Bertz CT molecular complexity index is 288. The molecule has 3 N–H and O–H groups in total. The number of hydrogen-bond donors (Lipinski definition) is 3. The van der Waals surface area contributed by atoms with Crippen LogP contribution in [-0.2, 0) is 26.3 Å². The van der Waals surface area contributed by atoms with Gasteiger partial charge in [-0.3, -0.25) is 0 Å². The Morgan fingerprint density at radius 3 is 0.781 bits per heavy atom. The van der Waals surface area contributed by atoms with Gasteiger partial charge in [0.2, 0.25) is 0 Å². The first kappa shape index (κ1) is 40.0. The van der Waals surface area contributed by atoms with Gasteiger partial charge in [-0.1, -0.05) is 142 Å². The van der Waals surface area contributed by atoms with E-state index in [0.29, 0.717) is 0 Å². The van der Waals surface area contributed by atoms with E-state index in [2.05, 4.69) is 27.7 Å². The van der Waals surface area contributed by atoms with Gasteiger partial charge in [0.05, 0.1) is 0 Å². The van der Waals surface area contributed by atoms with Crippen molar-refractivity contribution in [1.29, 1.82) is 0 Å². The molecule has 0 aromatic heterocycles. The molecule has 0 saturated heterocycles. The quantitative estimate of drug-likeness (QED) is 0.0657. The summed E-state index contributed by atoms with van der Waals surface area (Å²) in [6.45, 7) is 12.3. The molecule has 0 aromatic carbocycles. The van der Waals surface area contributed by atoms with Crippen LogP contribution < -0.4 is 0 Å². The van der Waals surface area contributed by atoms with Crippen LogP contribution in [0.5, 0.6) is 0 Å². The van der Waals surface area contributed by atoms with E-state index in [0.717, 1.165) is 12.8 Å². The van der Waals surface area contributed by atoms with E-state index in [9.17, 15) is 0 Å². The minimum Gasteiger partial charge on any atom is -0.343 e. The van der Waals surface area contributed by atoms with Gasteiger partial charge >= 0.3 is 29.5 Å². The van der Waals surface area contributed by atoms with Gasteiger partial charge in [0.15, 0.2) is 0 Å². The molecule has 0 unspecified atom stereocenters. The third-order valence-electron chi connectivity index (χ3n) is 5.21. The van der Waals surface area contributed by atoms with E-state index in [1.165, 1.54) is 128 Å². The number of unbranched alkanes of at least 4 members (excludes halogenated alkanes) is 20. The Kier molecular flexibility index (Phi) is 45.5. The maximum atomic E-state index is 8.88. The van der Waals surface area contributed by atoms with Gasteiger partial charge in [-0.15, -0.1) is 0 Å². The van der Waals surface area contributed by atoms with Crippen LogP contribution in [0, 0.1) is 13.8 Å². The van der Waals surface area contributed by atoms with Crippen molar-refractivity contribution in [3.8, 4) is 0 Å². The van der Waals surface area contributed by atoms with Crippen molar-refractivity contribution in [2.24, 2.45) is 0 Å². The van der Waals surface area contributed by atoms with Gasteiger partial charge in [0.25, 0.3) is 0 Å². The predicted molar refractivity (Wildman–Crippen MR) is 138 cm³/mol. The third-order valence-corrected chi connectivity index (χ3v) is 5.21. The smallest absolute Gasteiger partial charge is 0.343 e. The van der Waals surface area contributed by atoms with E-state index in [4.69, 9.17) is 19.2 Å². The fourth-order valence-corrected chi connectivity index (χ4v) is 3.33. The van der Waals surface area contributed by atoms with Gasteiger partial charge in [-0.25, -0.2) is 4.57 Å². The van der Waals surface area contributed by atoms with Crippen LogP contribution in [0.2, 0.25) is 0 Å². The van der Waals surface area contributed by atoms with Gasteiger partial charge < -0.3 is 28.5 Å². The van der Waals surface area contributed by atoms with Crippen molar-refractivity contribution in [2.45, 2.75) is 155 Å². The molecule has 0 amide bonds. The van der Waals surface area contributed by atoms with Crippen LogP contribution in [-0.4, -0.2) is 14.7 Å². The van der Waals surface area contributed by atoms with Gasteiger partial charge in [-0.05, 0) is 0 Å². The topological polar surface area (TPSA) is 77.8 Å². The van der Waals surface area contributed by atoms with Crippen LogP contribution in [0.25, 0.3) is 0 Å². The summed E-state index contributed by atoms with van der Waals surface area (Å²) in [4.78, 5) is 21.6. The zero-order chi connectivity index (χ0) is 24.1. The molecular formula is C26H57O4PTi. The predicted octanol–water partition coefficient (Wildman–Crippen LogP) is 9.33. The van der Waals surface area contributed by atoms with Crippen molar-refractivity contribution in [1.82, 2.24) is 0 Å². The molecule has 0 radical (unpaired) electrons. The first-order chi connectivity index (χ1) is 14.8. The molecule has 32 heavy (non-hydrogen) atoms. The summed E-state index contributed by atoms with van der Waals surface area (Å²) < 4.78 is 8.88. The van der Waals surface area contributed by atoms with Gasteiger partial charge in [0.1, 0.15) is 0 Å². The number of phosphoric acid groups is 1. The van der Waals surface area contributed by atoms with Gasteiger partial charge in [-0.2, -0.15) is 12.8 Å². The normalized spacial score (nSPS) is 10.5. The molecule has 0 bridgehead atoms. The summed E-state index contributed by atoms with van der Waals surface area (Å²) in [5.41, 5.74) is 0. The Morgan fingerprint density at radius 2 is 0.625 bits per heavy atom. The fraction of sp³-hybridized carbons (Fsp3) is 0.923. The van der Waals surface area contributed by atoms with Crippen molar-refractivity contribution in [3.05, 3.63) is 13.8 Å². The summed E-state index contributed by atoms with van der Waals surface area (Å²) in [6, 6.07) is 0. The maximum Gasteiger partial charge on any atom is 2.00 e. The van der Waals surface area contributed by atoms with E-state index in [1.54, 1.807) is 0 Å². The molecule has 0 aliphatic heterocycles. The molecule has 194 valence electrons. The monoisotopic (exact) mass is 512 g/mol. The second-order valence-corrected chi connectivity index (χ2v) is 9.61. The summed E-state index contributed by atoms with van der Waals surface area (Å²) in [5, 5.41) is 0. The van der Waals surface area contributed by atoms with Crippen molar-refractivity contribution in [3.63, 3.8) is 0 Å². The van der Waals surface area contributed by atoms with Crippen molar-refractivity contribution >= 4 is 7.82 Å². The van der Waals surface area contributed by atoms with Crippen LogP contribution in [0.3, 0.4) is 0 Å². The molecule has 0 heterocycles. The summed E-state index contributed by atoms with van der Waals surface area (Å²) >= 11 is 0. The Hall–Kier alpha value is 0.824. The van der Waals surface area contributed by atoms with E-state index in [1.807, 2.05) is 0 Å². The average Bonchev–Trinajstić information content (AvgIpc) is 2.71. The summed E-state index contributed by atoms with van der Waals surface area (Å²) in [7, 11) is -4.64. The van der Waals surface area contributed by atoms with Gasteiger partial charge in [0, 0.05) is 0 Å². The summed E-state index contributed by atoms with van der Waals surface area (Å²) in [6.07, 6.45) is 30.7. The molecule has 4 nitrogen and oxygen atoms in total. The Balaban J connectivity index is -0.000000198. The average molecular weight is 513 g/mol. The Morgan fingerprint density at radius 1 is 0.469 bits per heavy atom. The molecule has 0 rings (SSSR count). The zero-order valence-electron chi connectivity index (χ0n) is 21.7. The van der Waals surface area contributed by atoms with Crippen molar-refractivity contribution in [2.75, 3.05) is 0 Å². The molecule has 0 aliphatic rings. The van der Waals surface area contributed by atoms with Crippen LogP contribution in [0.1, 0.15) is 155 Å². The molecule has 0 atom stereocenters. The molecule has 6 heteroatoms. The Labute approximate surface area is 217 Å². The molecular weight excluding hydrogens is 455 g/mol. The van der Waals surface area contributed by atoms with Crippen LogP contribution in [0.15, 0.2) is 0 Å². The standard InChI is InChI=1S/2C13H27.H3O4P.Ti/c2*1-3-5-7-9-11-13-12-10-8-6-4-2;1-5(2,3)4;/h2*1,3-13H2,2H3;(H3,1,2,3,4);/q2*-1;;+2. The van der Waals surface area contributed by atoms with E-state index >= 15 is 0 Å². The SMILES string of the molecule is O=P(O)(O)O.[CH2-]CCCCCCCCCCCC.[CH2-]CCCCCCCCCCCC.[Ti+2]. The first-order valence-corrected chi connectivity index (χ1v) is 14.8. The largest absolute Gasteiger partial charge is 2.00 e. The van der Waals surface area contributed by atoms with E-state index < -0.39 is 7.82 Å². The number of hydrogen-bond acceptors (Lipinski definition) is 1. The minimum atomic E-state index is -4.64. The second-order valence-electron chi connectivity index (χ2n) is 8.58. The maximum absolute atomic E-state index is 8.88. The summed E-state index contributed by atoms with van der Waals surface area (Å²) in [5.74, 6) is 0. The third kappa shape index (κ3) is 63.2. The number of rotatable bonds is 20.